The van der Waals surface area contributed by atoms with E-state index in [-0.39, 0.29) is 41.2 Å². The number of morpholine rings is 1. The van der Waals surface area contributed by atoms with Crippen molar-refractivity contribution in [2.45, 2.75) is 6.04 Å². The predicted molar refractivity (Wildman–Crippen MR) is 110 cm³/mol. The summed E-state index contributed by atoms with van der Waals surface area (Å²) in [5, 5.41) is 14.3. The number of ether oxygens (including phenoxy) is 3. The first kappa shape index (κ1) is 22.4. The van der Waals surface area contributed by atoms with E-state index in [0.29, 0.717) is 26.3 Å². The molecular formula is C21H24FN3O6. The van der Waals surface area contributed by atoms with Crippen molar-refractivity contribution in [2.75, 3.05) is 47.1 Å². The van der Waals surface area contributed by atoms with E-state index in [9.17, 15) is 19.3 Å². The molecule has 1 amide bonds. The SMILES string of the molecule is COc1cc(C(=O)NC[C@H](c2ccc(F)cc2)N2CCOCC2)c([N+](=O)[O-])cc1OC. The van der Waals surface area contributed by atoms with Crippen LogP contribution in [0.15, 0.2) is 36.4 Å². The van der Waals surface area contributed by atoms with Crippen LogP contribution in [0.3, 0.4) is 0 Å². The molecule has 0 saturated carbocycles. The first-order chi connectivity index (χ1) is 14.9. The molecule has 2 aromatic carbocycles. The minimum absolute atomic E-state index is 0.137. The van der Waals surface area contributed by atoms with Crippen molar-refractivity contribution in [1.82, 2.24) is 10.2 Å². The van der Waals surface area contributed by atoms with Crippen LogP contribution in [0.4, 0.5) is 10.1 Å². The quantitative estimate of drug-likeness (QED) is 0.504. The number of nitro groups is 1. The lowest BCUT2D eigenvalue weighted by Gasteiger charge is -2.35. The number of benzene rings is 2. The third kappa shape index (κ3) is 5.28. The summed E-state index contributed by atoms with van der Waals surface area (Å²) in [7, 11) is 2.74. The molecule has 0 unspecified atom stereocenters. The first-order valence-corrected chi connectivity index (χ1v) is 9.70. The van der Waals surface area contributed by atoms with Gasteiger partial charge < -0.3 is 19.5 Å². The topological polar surface area (TPSA) is 103 Å². The summed E-state index contributed by atoms with van der Waals surface area (Å²) in [6.07, 6.45) is 0. The fourth-order valence-corrected chi connectivity index (χ4v) is 3.52. The van der Waals surface area contributed by atoms with Crippen molar-refractivity contribution in [2.24, 2.45) is 0 Å². The lowest BCUT2D eigenvalue weighted by Crippen LogP contribution is -2.43. The Bertz CT molecular complexity index is 931. The molecule has 1 aliphatic rings. The summed E-state index contributed by atoms with van der Waals surface area (Å²) in [5.41, 5.74) is 0.299. The first-order valence-electron chi connectivity index (χ1n) is 9.70. The Morgan fingerprint density at radius 1 is 1.19 bits per heavy atom. The average molecular weight is 433 g/mol. The van der Waals surface area contributed by atoms with Gasteiger partial charge in [-0.15, -0.1) is 0 Å². The van der Waals surface area contributed by atoms with Gasteiger partial charge in [0.25, 0.3) is 11.6 Å². The minimum atomic E-state index is -0.643. The van der Waals surface area contributed by atoms with Gasteiger partial charge in [0.05, 0.1) is 44.5 Å². The monoisotopic (exact) mass is 433 g/mol. The lowest BCUT2D eigenvalue weighted by molar-refractivity contribution is -0.385. The molecule has 2 aromatic rings. The zero-order valence-electron chi connectivity index (χ0n) is 17.3. The standard InChI is InChI=1S/C21H24FN3O6/c1-29-19-11-16(17(25(27)28)12-20(19)30-2)21(26)23-13-18(24-7-9-31-10-8-24)14-3-5-15(22)6-4-14/h3-6,11-12,18H,7-10,13H2,1-2H3,(H,23,26)/t18-/m1/s1. The third-order valence-electron chi connectivity index (χ3n) is 5.14. The van der Waals surface area contributed by atoms with E-state index >= 15 is 0 Å². The number of carbonyl (C=O) groups excluding carboxylic acids is 1. The zero-order valence-corrected chi connectivity index (χ0v) is 17.3. The van der Waals surface area contributed by atoms with E-state index in [0.717, 1.165) is 11.6 Å². The fraction of sp³-hybridized carbons (Fsp3) is 0.381. The van der Waals surface area contributed by atoms with Gasteiger partial charge in [-0.25, -0.2) is 4.39 Å². The Kier molecular flexibility index (Phi) is 7.37. The van der Waals surface area contributed by atoms with Gasteiger partial charge in [0.15, 0.2) is 11.5 Å². The van der Waals surface area contributed by atoms with Crippen LogP contribution >= 0.6 is 0 Å². The van der Waals surface area contributed by atoms with Crippen molar-refractivity contribution in [3.63, 3.8) is 0 Å². The van der Waals surface area contributed by atoms with E-state index in [2.05, 4.69) is 10.2 Å². The third-order valence-corrected chi connectivity index (χ3v) is 5.14. The summed E-state index contributed by atoms with van der Waals surface area (Å²) >= 11 is 0. The second kappa shape index (κ2) is 10.2. The van der Waals surface area contributed by atoms with Crippen molar-refractivity contribution < 1.29 is 28.3 Å². The molecule has 1 saturated heterocycles. The maximum atomic E-state index is 13.4. The van der Waals surface area contributed by atoms with Crippen LogP contribution in [0.25, 0.3) is 0 Å². The number of carbonyl (C=O) groups is 1. The normalized spacial score (nSPS) is 15.2. The maximum Gasteiger partial charge on any atom is 0.286 e. The van der Waals surface area contributed by atoms with Gasteiger partial charge in [0.1, 0.15) is 11.4 Å². The van der Waals surface area contributed by atoms with E-state index in [1.165, 1.54) is 32.4 Å². The Balaban J connectivity index is 1.85. The molecule has 1 fully saturated rings. The lowest BCUT2D eigenvalue weighted by atomic mass is 10.0. The highest BCUT2D eigenvalue weighted by Gasteiger charge is 2.27. The summed E-state index contributed by atoms with van der Waals surface area (Å²) in [5.74, 6) is -0.604. The van der Waals surface area contributed by atoms with Gasteiger partial charge in [-0.2, -0.15) is 0 Å². The molecule has 0 bridgehead atoms. The highest BCUT2D eigenvalue weighted by atomic mass is 19.1. The number of hydrogen-bond donors (Lipinski definition) is 1. The Labute approximate surface area is 178 Å². The number of rotatable bonds is 8. The van der Waals surface area contributed by atoms with Crippen LogP contribution in [0.1, 0.15) is 22.0 Å². The van der Waals surface area contributed by atoms with Crippen molar-refractivity contribution in [3.05, 3.63) is 63.5 Å². The molecule has 3 rings (SSSR count). The molecule has 31 heavy (non-hydrogen) atoms. The predicted octanol–water partition coefficient (Wildman–Crippen LogP) is 2.55. The molecule has 1 aliphatic heterocycles. The van der Waals surface area contributed by atoms with E-state index < -0.39 is 10.8 Å². The molecule has 0 aliphatic carbocycles. The Hall–Kier alpha value is -3.24. The summed E-state index contributed by atoms with van der Waals surface area (Å²) < 4.78 is 29.1. The molecule has 166 valence electrons. The van der Waals surface area contributed by atoms with Crippen LogP contribution in [-0.4, -0.2) is 62.8 Å². The molecule has 10 heteroatoms. The molecule has 0 radical (unpaired) electrons. The largest absolute Gasteiger partial charge is 0.493 e. The summed E-state index contributed by atoms with van der Waals surface area (Å²) in [6.45, 7) is 2.57. The molecular weight excluding hydrogens is 409 g/mol. The van der Waals surface area contributed by atoms with E-state index in [1.807, 2.05) is 0 Å². The number of halogens is 1. The molecule has 1 N–H and O–H groups in total. The van der Waals surface area contributed by atoms with Crippen molar-refractivity contribution >= 4 is 11.6 Å². The van der Waals surface area contributed by atoms with Crippen LogP contribution < -0.4 is 14.8 Å². The molecule has 0 aromatic heterocycles. The highest BCUT2D eigenvalue weighted by Crippen LogP contribution is 2.34. The van der Waals surface area contributed by atoms with Gasteiger partial charge in [-0.1, -0.05) is 12.1 Å². The Morgan fingerprint density at radius 2 is 1.81 bits per heavy atom. The molecule has 0 spiro atoms. The summed E-state index contributed by atoms with van der Waals surface area (Å²) in [6, 6.07) is 8.27. The van der Waals surface area contributed by atoms with Crippen LogP contribution in [-0.2, 0) is 4.74 Å². The van der Waals surface area contributed by atoms with Gasteiger partial charge in [-0.05, 0) is 17.7 Å². The van der Waals surface area contributed by atoms with Gasteiger partial charge in [0, 0.05) is 25.7 Å². The van der Waals surface area contributed by atoms with E-state index in [1.54, 1.807) is 12.1 Å². The van der Waals surface area contributed by atoms with Crippen LogP contribution in [0.2, 0.25) is 0 Å². The zero-order chi connectivity index (χ0) is 22.4. The Morgan fingerprint density at radius 3 is 2.39 bits per heavy atom. The van der Waals surface area contributed by atoms with Crippen molar-refractivity contribution in [1.29, 1.82) is 0 Å². The molecule has 1 heterocycles. The average Bonchev–Trinajstić information content (AvgIpc) is 2.79. The van der Waals surface area contributed by atoms with Gasteiger partial charge in [-0.3, -0.25) is 19.8 Å². The van der Waals surface area contributed by atoms with Crippen molar-refractivity contribution in [3.8, 4) is 11.5 Å². The fourth-order valence-electron chi connectivity index (χ4n) is 3.52. The maximum absolute atomic E-state index is 13.4. The van der Waals surface area contributed by atoms with Crippen LogP contribution in [0, 0.1) is 15.9 Å². The number of nitro benzene ring substituents is 1. The number of nitrogens with one attached hydrogen (secondary N) is 1. The number of amides is 1. The number of hydrogen-bond acceptors (Lipinski definition) is 7. The second-order valence-electron chi connectivity index (χ2n) is 6.91. The van der Waals surface area contributed by atoms with Crippen LogP contribution in [0.5, 0.6) is 11.5 Å². The summed E-state index contributed by atoms with van der Waals surface area (Å²) in [4.78, 5) is 25.9. The van der Waals surface area contributed by atoms with Gasteiger partial charge >= 0.3 is 0 Å². The molecule has 1 atom stereocenters. The van der Waals surface area contributed by atoms with Gasteiger partial charge in [0.2, 0.25) is 0 Å². The molecule has 9 nitrogen and oxygen atoms in total. The number of methoxy groups -OCH3 is 2. The van der Waals surface area contributed by atoms with E-state index in [4.69, 9.17) is 14.2 Å². The second-order valence-corrected chi connectivity index (χ2v) is 6.91. The minimum Gasteiger partial charge on any atom is -0.493 e. The highest BCUT2D eigenvalue weighted by molar-refractivity contribution is 5.99. The smallest absolute Gasteiger partial charge is 0.286 e. The number of nitrogens with zero attached hydrogens (tertiary/aromatic N) is 2.